The number of amides is 1. The van der Waals surface area contributed by atoms with Gasteiger partial charge in [0.15, 0.2) is 6.61 Å². The summed E-state index contributed by atoms with van der Waals surface area (Å²) in [5.74, 6) is 1.96. The molecule has 1 aliphatic carbocycles. The molecular weight excluding hydrogens is 298 g/mol. The highest BCUT2D eigenvalue weighted by molar-refractivity contribution is 5.77. The van der Waals surface area contributed by atoms with E-state index in [4.69, 9.17) is 4.74 Å². The van der Waals surface area contributed by atoms with Crippen LogP contribution in [0.2, 0.25) is 0 Å². The molecule has 24 heavy (non-hydrogen) atoms. The van der Waals surface area contributed by atoms with Crippen LogP contribution in [0.4, 0.5) is 0 Å². The van der Waals surface area contributed by atoms with Crippen LogP contribution >= 0.6 is 0 Å². The molecule has 0 bridgehead atoms. The molecule has 1 saturated carbocycles. The van der Waals surface area contributed by atoms with E-state index in [1.54, 1.807) is 0 Å². The standard InChI is InChI=1S/C21H33NO2/c1-15(2)18-8-6-7-9-19(18)24-14-20(23)22-17-12-10-16(11-13-17)21(3,4)5/h6-9,15-17H,10-14H2,1-5H3,(H,22,23). The largest absolute Gasteiger partial charge is 0.483 e. The zero-order valence-corrected chi connectivity index (χ0v) is 15.9. The van der Waals surface area contributed by atoms with Crippen LogP contribution in [0.25, 0.3) is 0 Å². The van der Waals surface area contributed by atoms with Crippen molar-refractivity contribution in [2.24, 2.45) is 11.3 Å². The first-order chi connectivity index (χ1) is 11.3. The van der Waals surface area contributed by atoms with Crippen LogP contribution < -0.4 is 10.1 Å². The van der Waals surface area contributed by atoms with E-state index in [9.17, 15) is 4.79 Å². The first-order valence-electron chi connectivity index (χ1n) is 9.28. The molecule has 1 aromatic rings. The summed E-state index contributed by atoms with van der Waals surface area (Å²) in [7, 11) is 0. The zero-order valence-electron chi connectivity index (χ0n) is 15.9. The number of hydrogen-bond donors (Lipinski definition) is 1. The molecule has 3 nitrogen and oxygen atoms in total. The number of para-hydroxylation sites is 1. The van der Waals surface area contributed by atoms with Gasteiger partial charge in [0.05, 0.1) is 0 Å². The molecule has 3 heteroatoms. The molecule has 134 valence electrons. The van der Waals surface area contributed by atoms with E-state index in [0.29, 0.717) is 17.4 Å². The molecule has 0 saturated heterocycles. The Morgan fingerprint density at radius 3 is 2.38 bits per heavy atom. The van der Waals surface area contributed by atoms with Crippen molar-refractivity contribution in [2.45, 2.75) is 72.3 Å². The first kappa shape index (κ1) is 18.8. The summed E-state index contributed by atoms with van der Waals surface area (Å²) in [6, 6.07) is 8.27. The molecule has 1 aromatic carbocycles. The Morgan fingerprint density at radius 2 is 1.79 bits per heavy atom. The zero-order chi connectivity index (χ0) is 17.7. The van der Waals surface area contributed by atoms with Gasteiger partial charge >= 0.3 is 0 Å². The molecule has 1 N–H and O–H groups in total. The van der Waals surface area contributed by atoms with Crippen molar-refractivity contribution in [1.82, 2.24) is 5.32 Å². The second-order valence-electron chi connectivity index (χ2n) is 8.46. The maximum Gasteiger partial charge on any atom is 0.258 e. The molecule has 2 rings (SSSR count). The lowest BCUT2D eigenvalue weighted by Crippen LogP contribution is -2.41. The number of carbonyl (C=O) groups is 1. The lowest BCUT2D eigenvalue weighted by molar-refractivity contribution is -0.124. The third-order valence-electron chi connectivity index (χ3n) is 5.22. The third kappa shape index (κ3) is 5.25. The quantitative estimate of drug-likeness (QED) is 0.832. The predicted molar refractivity (Wildman–Crippen MR) is 99.4 cm³/mol. The molecular formula is C21H33NO2. The van der Waals surface area contributed by atoms with Crippen molar-refractivity contribution in [2.75, 3.05) is 6.61 Å². The summed E-state index contributed by atoms with van der Waals surface area (Å²) < 4.78 is 5.77. The molecule has 1 aliphatic rings. The fourth-order valence-electron chi connectivity index (χ4n) is 3.61. The van der Waals surface area contributed by atoms with Crippen LogP contribution in [-0.2, 0) is 4.79 Å². The van der Waals surface area contributed by atoms with Crippen LogP contribution in [0.5, 0.6) is 5.75 Å². The average molecular weight is 332 g/mol. The number of ether oxygens (including phenoxy) is 1. The van der Waals surface area contributed by atoms with Gasteiger partial charge < -0.3 is 10.1 Å². The molecule has 0 radical (unpaired) electrons. The summed E-state index contributed by atoms with van der Waals surface area (Å²) >= 11 is 0. The van der Waals surface area contributed by atoms with Crippen LogP contribution in [0.3, 0.4) is 0 Å². The van der Waals surface area contributed by atoms with E-state index >= 15 is 0 Å². The number of hydrogen-bond acceptors (Lipinski definition) is 2. The predicted octanol–water partition coefficient (Wildman–Crippen LogP) is 4.91. The highest BCUT2D eigenvalue weighted by atomic mass is 16.5. The van der Waals surface area contributed by atoms with Crippen molar-refractivity contribution in [3.05, 3.63) is 29.8 Å². The Morgan fingerprint density at radius 1 is 1.17 bits per heavy atom. The van der Waals surface area contributed by atoms with Gasteiger partial charge in [0, 0.05) is 6.04 Å². The third-order valence-corrected chi connectivity index (χ3v) is 5.22. The van der Waals surface area contributed by atoms with Gasteiger partial charge in [-0.2, -0.15) is 0 Å². The Balaban J connectivity index is 1.79. The van der Waals surface area contributed by atoms with Gasteiger partial charge in [-0.05, 0) is 54.6 Å². The number of benzene rings is 1. The summed E-state index contributed by atoms with van der Waals surface area (Å²) in [6.07, 6.45) is 4.56. The van der Waals surface area contributed by atoms with Gasteiger partial charge in [0.2, 0.25) is 0 Å². The van der Waals surface area contributed by atoms with E-state index in [0.717, 1.165) is 30.1 Å². The monoisotopic (exact) mass is 331 g/mol. The second kappa shape index (κ2) is 8.04. The van der Waals surface area contributed by atoms with Crippen LogP contribution in [-0.4, -0.2) is 18.6 Å². The van der Waals surface area contributed by atoms with E-state index in [1.807, 2.05) is 18.2 Å². The highest BCUT2D eigenvalue weighted by Crippen LogP contribution is 2.37. The van der Waals surface area contributed by atoms with Gasteiger partial charge in [0.1, 0.15) is 5.75 Å². The SMILES string of the molecule is CC(C)c1ccccc1OCC(=O)NC1CCC(C(C)(C)C)CC1. The number of nitrogens with one attached hydrogen (secondary N) is 1. The van der Waals surface area contributed by atoms with Crippen LogP contribution in [0.15, 0.2) is 24.3 Å². The molecule has 0 unspecified atom stereocenters. The smallest absolute Gasteiger partial charge is 0.258 e. The van der Waals surface area contributed by atoms with Gasteiger partial charge in [-0.15, -0.1) is 0 Å². The molecule has 0 spiro atoms. The van der Waals surface area contributed by atoms with Crippen molar-refractivity contribution in [1.29, 1.82) is 0 Å². The second-order valence-corrected chi connectivity index (χ2v) is 8.46. The normalized spacial score (nSPS) is 21.6. The lowest BCUT2D eigenvalue weighted by Gasteiger charge is -2.37. The Hall–Kier alpha value is -1.51. The first-order valence-corrected chi connectivity index (χ1v) is 9.28. The summed E-state index contributed by atoms with van der Waals surface area (Å²) in [5.41, 5.74) is 1.52. The Labute approximate surface area is 147 Å². The molecule has 0 atom stereocenters. The van der Waals surface area contributed by atoms with Gasteiger partial charge in [-0.25, -0.2) is 0 Å². The van der Waals surface area contributed by atoms with Crippen LogP contribution in [0, 0.1) is 11.3 Å². The maximum absolute atomic E-state index is 12.2. The molecule has 0 aliphatic heterocycles. The summed E-state index contributed by atoms with van der Waals surface area (Å²) in [4.78, 5) is 12.2. The molecule has 1 fully saturated rings. The fourth-order valence-corrected chi connectivity index (χ4v) is 3.61. The summed E-state index contributed by atoms with van der Waals surface area (Å²) in [5, 5.41) is 3.15. The minimum Gasteiger partial charge on any atom is -0.483 e. The van der Waals surface area contributed by atoms with Crippen molar-refractivity contribution >= 4 is 5.91 Å². The van der Waals surface area contributed by atoms with E-state index < -0.39 is 0 Å². The van der Waals surface area contributed by atoms with Crippen molar-refractivity contribution < 1.29 is 9.53 Å². The van der Waals surface area contributed by atoms with E-state index in [1.165, 1.54) is 12.8 Å². The van der Waals surface area contributed by atoms with Gasteiger partial charge in [0.25, 0.3) is 5.91 Å². The average Bonchev–Trinajstić information content (AvgIpc) is 2.53. The minimum absolute atomic E-state index is 0.00670. The summed E-state index contributed by atoms with van der Waals surface area (Å²) in [6.45, 7) is 11.3. The molecule has 0 aromatic heterocycles. The maximum atomic E-state index is 12.2. The van der Waals surface area contributed by atoms with E-state index in [2.05, 4.69) is 46.0 Å². The minimum atomic E-state index is -0.00670. The lowest BCUT2D eigenvalue weighted by atomic mass is 9.71. The molecule has 0 heterocycles. The topological polar surface area (TPSA) is 38.3 Å². The highest BCUT2D eigenvalue weighted by Gasteiger charge is 2.30. The fraction of sp³-hybridized carbons (Fsp3) is 0.667. The Kier molecular flexibility index (Phi) is 6.31. The molecule has 1 amide bonds. The van der Waals surface area contributed by atoms with Crippen molar-refractivity contribution in [3.8, 4) is 5.75 Å². The number of carbonyl (C=O) groups excluding carboxylic acids is 1. The van der Waals surface area contributed by atoms with Crippen LogP contribution in [0.1, 0.15) is 71.8 Å². The Bertz CT molecular complexity index is 537. The number of rotatable bonds is 5. The van der Waals surface area contributed by atoms with Crippen molar-refractivity contribution in [3.63, 3.8) is 0 Å². The van der Waals surface area contributed by atoms with Gasteiger partial charge in [-0.3, -0.25) is 4.79 Å². The van der Waals surface area contributed by atoms with E-state index in [-0.39, 0.29) is 12.5 Å². The van der Waals surface area contributed by atoms with Gasteiger partial charge in [-0.1, -0.05) is 52.8 Å².